The van der Waals surface area contributed by atoms with Crippen LogP contribution in [0.15, 0.2) is 45.7 Å². The second kappa shape index (κ2) is 7.51. The summed E-state index contributed by atoms with van der Waals surface area (Å²) >= 11 is 0. The van der Waals surface area contributed by atoms with Crippen molar-refractivity contribution in [3.05, 3.63) is 64.0 Å². The Morgan fingerprint density at radius 3 is 2.70 bits per heavy atom. The zero-order valence-corrected chi connectivity index (χ0v) is 16.9. The minimum atomic E-state index is -0.420. The Kier molecular flexibility index (Phi) is 4.86. The highest BCUT2D eigenvalue weighted by Crippen LogP contribution is 2.28. The molecule has 2 N–H and O–H groups in total. The summed E-state index contributed by atoms with van der Waals surface area (Å²) in [5, 5.41) is 6.31. The summed E-state index contributed by atoms with van der Waals surface area (Å²) in [6.45, 7) is 3.54. The summed E-state index contributed by atoms with van der Waals surface area (Å²) in [5.74, 6) is 0.247. The van der Waals surface area contributed by atoms with Gasteiger partial charge in [0.1, 0.15) is 5.82 Å². The molecule has 0 aliphatic carbocycles. The molecule has 0 saturated carbocycles. The summed E-state index contributed by atoms with van der Waals surface area (Å²) in [5.41, 5.74) is 3.80. The number of rotatable bonds is 5. The fraction of sp³-hybridized carbons (Fsp3) is 0.190. The maximum Gasteiger partial charge on any atom is 0.419 e. The summed E-state index contributed by atoms with van der Waals surface area (Å²) < 4.78 is 25.7. The van der Waals surface area contributed by atoms with E-state index in [1.54, 1.807) is 44.4 Å². The molecule has 0 bridgehead atoms. The van der Waals surface area contributed by atoms with Gasteiger partial charge in [0.05, 0.1) is 12.6 Å². The van der Waals surface area contributed by atoms with E-state index in [9.17, 15) is 9.18 Å². The van der Waals surface area contributed by atoms with E-state index < -0.39 is 11.6 Å². The van der Waals surface area contributed by atoms with Crippen molar-refractivity contribution in [3.63, 3.8) is 0 Å². The van der Waals surface area contributed by atoms with Crippen LogP contribution in [-0.4, -0.2) is 21.6 Å². The number of halogens is 1. The standard InChI is InChI=1S/C21H20FN5O3.2H2/c1-11-7-14(9-17(29-4)18(11)22)25-20-23-10-12(2)19(26-20)24-13-5-6-16-15(8-13)27(3)21(28)30-16;;/h5-10H,1-4H3,(H2,23,24,25,26);2*1H. The van der Waals surface area contributed by atoms with E-state index in [0.29, 0.717) is 34.1 Å². The Morgan fingerprint density at radius 1 is 1.13 bits per heavy atom. The fourth-order valence-electron chi connectivity index (χ4n) is 3.06. The van der Waals surface area contributed by atoms with Gasteiger partial charge in [-0.25, -0.2) is 14.2 Å². The Balaban J connectivity index is 0.00000181. The molecule has 4 rings (SSSR count). The van der Waals surface area contributed by atoms with Gasteiger partial charge in [-0.1, -0.05) is 0 Å². The van der Waals surface area contributed by atoms with Gasteiger partial charge >= 0.3 is 5.76 Å². The number of hydrogen-bond donors (Lipinski definition) is 2. The first kappa shape index (κ1) is 19.4. The number of nitrogens with zero attached hydrogens (tertiary/aromatic N) is 3. The lowest BCUT2D eigenvalue weighted by atomic mass is 10.2. The van der Waals surface area contributed by atoms with Crippen LogP contribution in [0, 0.1) is 19.7 Å². The van der Waals surface area contributed by atoms with Crippen LogP contribution in [-0.2, 0) is 7.05 Å². The molecule has 0 atom stereocenters. The number of methoxy groups -OCH3 is 1. The van der Waals surface area contributed by atoms with Crippen molar-refractivity contribution in [2.24, 2.45) is 7.05 Å². The molecule has 2 heterocycles. The van der Waals surface area contributed by atoms with Crippen molar-refractivity contribution in [2.45, 2.75) is 13.8 Å². The number of oxazole rings is 1. The highest BCUT2D eigenvalue weighted by Gasteiger charge is 2.11. The first-order valence-electron chi connectivity index (χ1n) is 9.17. The van der Waals surface area contributed by atoms with Crippen LogP contribution < -0.4 is 21.1 Å². The van der Waals surface area contributed by atoms with E-state index in [1.165, 1.54) is 11.7 Å². The number of nitrogens with one attached hydrogen (secondary N) is 2. The van der Waals surface area contributed by atoms with Gasteiger partial charge in [-0.3, -0.25) is 4.57 Å². The minimum Gasteiger partial charge on any atom is -0.494 e. The SMILES string of the molecule is COc1cc(Nc2ncc(C)c(Nc3ccc4oc(=O)n(C)c4c3)n2)cc(C)c1F.[HH].[HH]. The molecule has 9 heteroatoms. The molecule has 0 fully saturated rings. The van der Waals surface area contributed by atoms with Gasteiger partial charge in [0, 0.05) is 39.1 Å². The van der Waals surface area contributed by atoms with E-state index in [0.717, 1.165) is 11.3 Å². The number of anilines is 4. The number of aryl methyl sites for hydroxylation is 3. The van der Waals surface area contributed by atoms with Crippen molar-refractivity contribution in [2.75, 3.05) is 17.7 Å². The molecule has 0 unspecified atom stereocenters. The zero-order valence-electron chi connectivity index (χ0n) is 16.9. The largest absolute Gasteiger partial charge is 0.494 e. The lowest BCUT2D eigenvalue weighted by Crippen LogP contribution is -2.08. The molecule has 0 amide bonds. The Morgan fingerprint density at radius 2 is 1.93 bits per heavy atom. The normalized spacial score (nSPS) is 11.0. The lowest BCUT2D eigenvalue weighted by Gasteiger charge is -2.13. The van der Waals surface area contributed by atoms with Gasteiger partial charge in [0.15, 0.2) is 17.1 Å². The molecular formula is C21H24FN5O3. The predicted molar refractivity (Wildman–Crippen MR) is 117 cm³/mol. The first-order valence-corrected chi connectivity index (χ1v) is 9.17. The van der Waals surface area contributed by atoms with E-state index in [2.05, 4.69) is 20.6 Å². The molecule has 8 nitrogen and oxygen atoms in total. The molecule has 0 radical (unpaired) electrons. The molecule has 2 aromatic carbocycles. The molecule has 158 valence electrons. The summed E-state index contributed by atoms with van der Waals surface area (Å²) in [6.07, 6.45) is 1.68. The van der Waals surface area contributed by atoms with Crippen LogP contribution in [0.4, 0.5) is 27.5 Å². The monoisotopic (exact) mass is 413 g/mol. The molecule has 0 saturated heterocycles. The molecule has 0 aliphatic heterocycles. The van der Waals surface area contributed by atoms with Gasteiger partial charge < -0.3 is 19.8 Å². The van der Waals surface area contributed by atoms with Crippen molar-refractivity contribution < 1.29 is 16.4 Å². The average molecular weight is 413 g/mol. The number of aromatic nitrogens is 3. The summed E-state index contributed by atoms with van der Waals surface area (Å²) in [4.78, 5) is 20.5. The van der Waals surface area contributed by atoms with Gasteiger partial charge in [0.25, 0.3) is 0 Å². The average Bonchev–Trinajstić information content (AvgIpc) is 3.01. The van der Waals surface area contributed by atoms with Crippen LogP contribution in [0.5, 0.6) is 5.75 Å². The minimum absolute atomic E-state index is 0. The Bertz CT molecular complexity index is 1320. The Hall–Kier alpha value is -3.88. The molecule has 0 aliphatic rings. The van der Waals surface area contributed by atoms with Gasteiger partial charge in [-0.2, -0.15) is 4.98 Å². The third-order valence-electron chi connectivity index (χ3n) is 4.72. The third-order valence-corrected chi connectivity index (χ3v) is 4.72. The zero-order chi connectivity index (χ0) is 21.4. The van der Waals surface area contributed by atoms with Gasteiger partial charge in [-0.15, -0.1) is 0 Å². The fourth-order valence-corrected chi connectivity index (χ4v) is 3.06. The summed E-state index contributed by atoms with van der Waals surface area (Å²) in [7, 11) is 3.06. The van der Waals surface area contributed by atoms with Crippen molar-refractivity contribution in [1.82, 2.24) is 14.5 Å². The van der Waals surface area contributed by atoms with Crippen LogP contribution in [0.25, 0.3) is 11.1 Å². The third kappa shape index (κ3) is 3.57. The topological polar surface area (TPSA) is 94.2 Å². The van der Waals surface area contributed by atoms with Gasteiger partial charge in [0.2, 0.25) is 5.95 Å². The number of fused-ring (bicyclic) bond motifs is 1. The first-order chi connectivity index (χ1) is 14.4. The number of hydrogen-bond acceptors (Lipinski definition) is 7. The molecule has 4 aromatic rings. The summed E-state index contributed by atoms with van der Waals surface area (Å²) in [6, 6.07) is 8.53. The molecular weight excluding hydrogens is 389 g/mol. The van der Waals surface area contributed by atoms with Gasteiger partial charge in [-0.05, 0) is 43.7 Å². The van der Waals surface area contributed by atoms with Crippen LogP contribution >= 0.6 is 0 Å². The van der Waals surface area contributed by atoms with Crippen molar-refractivity contribution in [1.29, 1.82) is 0 Å². The lowest BCUT2D eigenvalue weighted by molar-refractivity contribution is 0.385. The van der Waals surface area contributed by atoms with E-state index >= 15 is 0 Å². The van der Waals surface area contributed by atoms with Crippen LogP contribution in [0.3, 0.4) is 0 Å². The Labute approximate surface area is 174 Å². The smallest absolute Gasteiger partial charge is 0.419 e. The molecule has 0 spiro atoms. The van der Waals surface area contributed by atoms with E-state index in [4.69, 9.17) is 9.15 Å². The maximum absolute atomic E-state index is 14.0. The molecule has 2 aromatic heterocycles. The van der Waals surface area contributed by atoms with Crippen molar-refractivity contribution >= 4 is 34.2 Å². The molecule has 30 heavy (non-hydrogen) atoms. The highest BCUT2D eigenvalue weighted by molar-refractivity contribution is 5.79. The number of ether oxygens (including phenoxy) is 1. The van der Waals surface area contributed by atoms with Crippen LogP contribution in [0.1, 0.15) is 14.0 Å². The highest BCUT2D eigenvalue weighted by atomic mass is 19.1. The second-order valence-electron chi connectivity index (χ2n) is 6.89. The number of benzene rings is 2. The maximum atomic E-state index is 14.0. The second-order valence-corrected chi connectivity index (χ2v) is 6.89. The van der Waals surface area contributed by atoms with Crippen LogP contribution in [0.2, 0.25) is 0 Å². The van der Waals surface area contributed by atoms with E-state index in [-0.39, 0.29) is 8.60 Å². The predicted octanol–water partition coefficient (Wildman–Crippen LogP) is 4.67. The quantitative estimate of drug-likeness (QED) is 0.491. The van der Waals surface area contributed by atoms with Crippen molar-refractivity contribution in [3.8, 4) is 5.75 Å². The van der Waals surface area contributed by atoms with E-state index in [1.807, 2.05) is 13.0 Å².